The van der Waals surface area contributed by atoms with Crippen molar-refractivity contribution in [1.82, 2.24) is 15.2 Å². The van der Waals surface area contributed by atoms with Crippen molar-refractivity contribution in [3.63, 3.8) is 0 Å². The summed E-state index contributed by atoms with van der Waals surface area (Å²) in [5, 5.41) is 12.9. The minimum Gasteiger partial charge on any atom is -0.504 e. The fourth-order valence-corrected chi connectivity index (χ4v) is 4.14. The molecule has 1 amide bonds. The molecule has 2 aromatic rings. The van der Waals surface area contributed by atoms with E-state index in [-0.39, 0.29) is 18.1 Å². The number of carbonyl (C=O) groups excluding carboxylic acids is 2. The van der Waals surface area contributed by atoms with Gasteiger partial charge in [0.2, 0.25) is 11.9 Å². The molecule has 2 atom stereocenters. The second-order valence-electron chi connectivity index (χ2n) is 7.94. The van der Waals surface area contributed by atoms with Gasteiger partial charge in [-0.3, -0.25) is 14.9 Å². The van der Waals surface area contributed by atoms with E-state index in [4.69, 9.17) is 14.5 Å². The van der Waals surface area contributed by atoms with E-state index in [2.05, 4.69) is 15.2 Å². The van der Waals surface area contributed by atoms with Gasteiger partial charge in [-0.25, -0.2) is 9.98 Å². The Hall–Kier alpha value is -3.82. The third-order valence-electron chi connectivity index (χ3n) is 5.81. The first kappa shape index (κ1) is 23.3. The van der Waals surface area contributed by atoms with Gasteiger partial charge in [0.15, 0.2) is 17.4 Å². The summed E-state index contributed by atoms with van der Waals surface area (Å²) in [6.45, 7) is 6.70. The van der Waals surface area contributed by atoms with Crippen LogP contribution >= 0.6 is 0 Å². The number of aromatic hydroxyl groups is 1. The lowest BCUT2D eigenvalue weighted by molar-refractivity contribution is -0.153. The Bertz CT molecular complexity index is 1050. The number of nitrogens with zero attached hydrogens (tertiary/aromatic N) is 4. The van der Waals surface area contributed by atoms with Crippen molar-refractivity contribution in [3.8, 4) is 11.5 Å². The zero-order valence-electron chi connectivity index (χ0n) is 19.3. The summed E-state index contributed by atoms with van der Waals surface area (Å²) < 4.78 is 10.7. The summed E-state index contributed by atoms with van der Waals surface area (Å²) in [5.74, 6) is -0.669. The van der Waals surface area contributed by atoms with Crippen LogP contribution in [0.4, 0.5) is 5.82 Å². The number of ether oxygens (including phenoxy) is 2. The molecule has 34 heavy (non-hydrogen) atoms. The van der Waals surface area contributed by atoms with Gasteiger partial charge in [-0.15, -0.1) is 0 Å². The highest BCUT2D eigenvalue weighted by molar-refractivity contribution is 6.08. The lowest BCUT2D eigenvalue weighted by Gasteiger charge is -2.39. The number of guanidine groups is 1. The quantitative estimate of drug-likeness (QED) is 0.487. The highest BCUT2D eigenvalue weighted by Crippen LogP contribution is 2.36. The van der Waals surface area contributed by atoms with Crippen LogP contribution in [0.1, 0.15) is 25.5 Å². The number of benzene rings is 1. The third kappa shape index (κ3) is 4.90. The number of carbonyl (C=O) groups is 2. The predicted octanol–water partition coefficient (Wildman–Crippen LogP) is 1.71. The lowest BCUT2D eigenvalue weighted by Crippen LogP contribution is -2.57. The monoisotopic (exact) mass is 467 g/mol. The lowest BCUT2D eigenvalue weighted by atomic mass is 9.91. The van der Waals surface area contributed by atoms with Crippen molar-refractivity contribution in [3.05, 3.63) is 48.2 Å². The number of hydrogen-bond acceptors (Lipinski definition) is 9. The van der Waals surface area contributed by atoms with Gasteiger partial charge in [0, 0.05) is 32.4 Å². The Morgan fingerprint density at radius 3 is 2.56 bits per heavy atom. The van der Waals surface area contributed by atoms with Crippen LogP contribution in [0.2, 0.25) is 0 Å². The molecule has 2 N–H and O–H groups in total. The highest BCUT2D eigenvalue weighted by Gasteiger charge is 2.42. The average molecular weight is 468 g/mol. The van der Waals surface area contributed by atoms with Crippen molar-refractivity contribution in [2.75, 3.05) is 44.3 Å². The van der Waals surface area contributed by atoms with Gasteiger partial charge in [-0.05, 0) is 43.7 Å². The Balaban J connectivity index is 1.61. The van der Waals surface area contributed by atoms with Crippen LogP contribution in [-0.4, -0.2) is 72.2 Å². The van der Waals surface area contributed by atoms with E-state index in [9.17, 15) is 14.7 Å². The van der Waals surface area contributed by atoms with Crippen LogP contribution < -0.4 is 15.0 Å². The van der Waals surface area contributed by atoms with Crippen molar-refractivity contribution in [2.24, 2.45) is 10.9 Å². The maximum Gasteiger partial charge on any atom is 0.321 e. The second kappa shape index (κ2) is 10.4. The topological polar surface area (TPSA) is 117 Å². The minimum atomic E-state index is -1.14. The molecule has 2 aliphatic rings. The number of piperazine rings is 1. The molecule has 180 valence electrons. The van der Waals surface area contributed by atoms with Gasteiger partial charge in [0.1, 0.15) is 11.9 Å². The molecule has 1 aromatic carbocycles. The van der Waals surface area contributed by atoms with Gasteiger partial charge in [0.25, 0.3) is 0 Å². The van der Waals surface area contributed by atoms with Crippen LogP contribution in [0.25, 0.3) is 0 Å². The smallest absolute Gasteiger partial charge is 0.321 e. The van der Waals surface area contributed by atoms with Gasteiger partial charge < -0.3 is 24.4 Å². The number of aliphatic imine (C=N–C) groups is 1. The maximum absolute atomic E-state index is 13.1. The summed E-state index contributed by atoms with van der Waals surface area (Å²) in [7, 11) is 0. The van der Waals surface area contributed by atoms with E-state index < -0.39 is 23.8 Å². The molecular formula is C24H29N5O5. The minimum absolute atomic E-state index is 0.0200. The predicted molar refractivity (Wildman–Crippen MR) is 126 cm³/mol. The normalized spacial score (nSPS) is 20.4. The number of rotatable bonds is 6. The average Bonchev–Trinajstić information content (AvgIpc) is 2.86. The summed E-state index contributed by atoms with van der Waals surface area (Å²) in [4.78, 5) is 39.1. The Morgan fingerprint density at radius 2 is 1.88 bits per heavy atom. The Morgan fingerprint density at radius 1 is 1.12 bits per heavy atom. The molecule has 0 aliphatic carbocycles. The van der Waals surface area contributed by atoms with Crippen LogP contribution in [0.15, 0.2) is 47.6 Å². The third-order valence-corrected chi connectivity index (χ3v) is 5.81. The van der Waals surface area contributed by atoms with Crippen LogP contribution in [0, 0.1) is 5.92 Å². The first-order valence-electron chi connectivity index (χ1n) is 11.4. The number of nitrogens with one attached hydrogen (secondary N) is 1. The molecule has 0 bridgehead atoms. The molecule has 4 rings (SSSR count). The van der Waals surface area contributed by atoms with Crippen molar-refractivity contribution in [1.29, 1.82) is 0 Å². The summed E-state index contributed by atoms with van der Waals surface area (Å²) in [5.41, 5.74) is 0.582. The van der Waals surface area contributed by atoms with Crippen LogP contribution in [0.5, 0.6) is 11.5 Å². The first-order valence-corrected chi connectivity index (χ1v) is 11.4. The van der Waals surface area contributed by atoms with Gasteiger partial charge in [0.05, 0.1) is 13.2 Å². The van der Waals surface area contributed by atoms with Crippen molar-refractivity contribution < 1.29 is 24.2 Å². The molecule has 2 aliphatic heterocycles. The zero-order chi connectivity index (χ0) is 24.1. The number of phenolic OH excluding ortho intramolecular Hbond substituents is 1. The molecule has 1 aromatic heterocycles. The number of esters is 1. The number of pyridine rings is 1. The number of anilines is 1. The fourth-order valence-electron chi connectivity index (χ4n) is 4.14. The molecule has 0 spiro atoms. The zero-order valence-corrected chi connectivity index (χ0v) is 19.3. The summed E-state index contributed by atoms with van der Waals surface area (Å²) in [6, 6.07) is 9.74. The van der Waals surface area contributed by atoms with Crippen LogP contribution in [0.3, 0.4) is 0 Å². The highest BCUT2D eigenvalue weighted by atomic mass is 16.5. The molecule has 1 saturated heterocycles. The molecule has 10 nitrogen and oxygen atoms in total. The SMILES string of the molecule is CCOC(=O)[C@H]1C(=O)NC(N2CCN(c3ccccn3)CC2)=N[C@@H]1c1ccc(O)c(OCC)c1. The molecule has 0 radical (unpaired) electrons. The van der Waals surface area contributed by atoms with E-state index in [1.807, 2.05) is 30.0 Å². The Labute approximate surface area is 198 Å². The molecule has 0 saturated carbocycles. The summed E-state index contributed by atoms with van der Waals surface area (Å²) in [6.07, 6.45) is 1.77. The summed E-state index contributed by atoms with van der Waals surface area (Å²) >= 11 is 0. The number of phenols is 1. The molecule has 10 heteroatoms. The molecule has 1 fully saturated rings. The van der Waals surface area contributed by atoms with E-state index in [0.717, 1.165) is 5.82 Å². The Kier molecular flexibility index (Phi) is 7.15. The van der Waals surface area contributed by atoms with Gasteiger partial charge in [-0.2, -0.15) is 0 Å². The fraction of sp³-hybridized carbons (Fsp3) is 0.417. The van der Waals surface area contributed by atoms with E-state index >= 15 is 0 Å². The molecule has 3 heterocycles. The maximum atomic E-state index is 13.1. The van der Waals surface area contributed by atoms with Gasteiger partial charge in [-0.1, -0.05) is 12.1 Å². The molecule has 0 unspecified atom stereocenters. The standard InChI is InChI=1S/C24H29N5O5/c1-3-33-18-15-16(8-9-17(18)30)21-20(23(32)34-4-2)22(31)27-24(26-21)29-13-11-28(12-14-29)19-7-5-6-10-25-19/h5-10,15,20-21,30H,3-4,11-14H2,1-2H3,(H,26,27,31)/t20-,21-/m1/s1. The molecular weight excluding hydrogens is 438 g/mol. The number of amides is 1. The first-order chi connectivity index (χ1) is 16.5. The number of hydrogen-bond donors (Lipinski definition) is 2. The van der Waals surface area contributed by atoms with E-state index in [1.54, 1.807) is 25.3 Å². The number of aromatic nitrogens is 1. The van der Waals surface area contributed by atoms with Crippen molar-refractivity contribution >= 4 is 23.7 Å². The largest absolute Gasteiger partial charge is 0.504 e. The van der Waals surface area contributed by atoms with E-state index in [0.29, 0.717) is 44.3 Å². The second-order valence-corrected chi connectivity index (χ2v) is 7.94. The van der Waals surface area contributed by atoms with Gasteiger partial charge >= 0.3 is 5.97 Å². The van der Waals surface area contributed by atoms with Crippen LogP contribution in [-0.2, 0) is 14.3 Å². The van der Waals surface area contributed by atoms with E-state index in [1.165, 1.54) is 6.07 Å². The van der Waals surface area contributed by atoms with Crippen molar-refractivity contribution in [2.45, 2.75) is 19.9 Å².